The van der Waals surface area contributed by atoms with E-state index in [0.29, 0.717) is 23.6 Å². The number of carbonyl (C=O) groups excluding carboxylic acids is 2. The molecular weight excluding hydrogens is 266 g/mol. The van der Waals surface area contributed by atoms with Gasteiger partial charge in [-0.25, -0.2) is 0 Å². The number of rotatable bonds is 6. The molecule has 0 aromatic heterocycles. The lowest BCUT2D eigenvalue weighted by molar-refractivity contribution is 0.0827. The third kappa shape index (κ3) is 5.19. The Morgan fingerprint density at radius 1 is 1.24 bits per heavy atom. The molecule has 0 aliphatic heterocycles. The van der Waals surface area contributed by atoms with Crippen LogP contribution in [0.25, 0.3) is 0 Å². The smallest absolute Gasteiger partial charge is 0.253 e. The maximum atomic E-state index is 12.2. The normalized spacial score (nSPS) is 12.1. The number of benzene rings is 1. The topological polar surface area (TPSA) is 75.4 Å². The Hall–Kier alpha value is -1.88. The minimum Gasteiger partial charge on any atom is -0.348 e. The van der Waals surface area contributed by atoms with Crippen molar-refractivity contribution >= 4 is 11.8 Å². The first-order valence-corrected chi connectivity index (χ1v) is 7.17. The van der Waals surface area contributed by atoms with Crippen molar-refractivity contribution in [1.82, 2.24) is 10.2 Å². The molecule has 21 heavy (non-hydrogen) atoms. The monoisotopic (exact) mass is 291 g/mol. The highest BCUT2D eigenvalue weighted by Crippen LogP contribution is 2.09. The molecule has 0 radical (unpaired) electrons. The highest BCUT2D eigenvalue weighted by molar-refractivity contribution is 5.99. The second-order valence-electron chi connectivity index (χ2n) is 5.82. The Labute approximate surface area is 126 Å². The predicted molar refractivity (Wildman–Crippen MR) is 84.2 cm³/mol. The molecular formula is C16H25N3O2. The van der Waals surface area contributed by atoms with E-state index in [4.69, 9.17) is 5.73 Å². The molecule has 0 saturated carbocycles. The number of nitrogens with two attached hydrogens (primary N) is 1. The lowest BCUT2D eigenvalue weighted by Gasteiger charge is -2.19. The summed E-state index contributed by atoms with van der Waals surface area (Å²) in [6, 6.07) is 6.68. The zero-order valence-corrected chi connectivity index (χ0v) is 13.2. The Kier molecular flexibility index (Phi) is 6.37. The third-order valence-corrected chi connectivity index (χ3v) is 3.15. The van der Waals surface area contributed by atoms with Gasteiger partial charge in [-0.3, -0.25) is 9.59 Å². The molecule has 1 rings (SSSR count). The van der Waals surface area contributed by atoms with Crippen LogP contribution in [0.3, 0.4) is 0 Å². The van der Waals surface area contributed by atoms with Crippen LogP contribution in [0.15, 0.2) is 24.3 Å². The Morgan fingerprint density at radius 2 is 1.86 bits per heavy atom. The summed E-state index contributed by atoms with van der Waals surface area (Å²) in [6.07, 6.45) is 0.832. The molecule has 0 heterocycles. The van der Waals surface area contributed by atoms with Gasteiger partial charge in [0.15, 0.2) is 0 Å². The fourth-order valence-electron chi connectivity index (χ4n) is 2.10. The van der Waals surface area contributed by atoms with Gasteiger partial charge in [0.25, 0.3) is 11.8 Å². The third-order valence-electron chi connectivity index (χ3n) is 3.15. The summed E-state index contributed by atoms with van der Waals surface area (Å²) in [5, 5.41) is 2.92. The molecule has 5 nitrogen and oxygen atoms in total. The second kappa shape index (κ2) is 7.78. The van der Waals surface area contributed by atoms with Gasteiger partial charge in [-0.15, -0.1) is 0 Å². The van der Waals surface area contributed by atoms with Crippen LogP contribution < -0.4 is 11.1 Å². The van der Waals surface area contributed by atoms with Crippen LogP contribution in [-0.2, 0) is 0 Å². The molecule has 5 heteroatoms. The van der Waals surface area contributed by atoms with Crippen LogP contribution in [0.4, 0.5) is 0 Å². The van der Waals surface area contributed by atoms with Crippen molar-refractivity contribution in [2.24, 2.45) is 11.7 Å². The summed E-state index contributed by atoms with van der Waals surface area (Å²) in [5.74, 6) is 0.141. The zero-order chi connectivity index (χ0) is 16.0. The lowest BCUT2D eigenvalue weighted by Crippen LogP contribution is -2.41. The van der Waals surface area contributed by atoms with E-state index in [0.717, 1.165) is 6.42 Å². The standard InChI is InChI=1S/C16H25N3O2/c1-11(2)8-14(10-17)18-15(20)12-6-5-7-13(9-12)16(21)19(3)4/h5-7,9,11,14H,8,10,17H2,1-4H3,(H,18,20). The second-order valence-corrected chi connectivity index (χ2v) is 5.82. The van der Waals surface area contributed by atoms with Crippen molar-refractivity contribution in [3.05, 3.63) is 35.4 Å². The van der Waals surface area contributed by atoms with Gasteiger partial charge in [-0.1, -0.05) is 19.9 Å². The van der Waals surface area contributed by atoms with E-state index in [-0.39, 0.29) is 17.9 Å². The molecule has 1 atom stereocenters. The summed E-state index contributed by atoms with van der Waals surface area (Å²) in [5.41, 5.74) is 6.67. The van der Waals surface area contributed by atoms with Crippen LogP contribution in [0.5, 0.6) is 0 Å². The molecule has 0 spiro atoms. The van der Waals surface area contributed by atoms with Crippen molar-refractivity contribution in [1.29, 1.82) is 0 Å². The average Bonchev–Trinajstić information content (AvgIpc) is 2.45. The minimum absolute atomic E-state index is 0.0503. The van der Waals surface area contributed by atoms with E-state index in [1.54, 1.807) is 38.4 Å². The maximum absolute atomic E-state index is 12.2. The van der Waals surface area contributed by atoms with E-state index in [2.05, 4.69) is 19.2 Å². The maximum Gasteiger partial charge on any atom is 0.253 e. The van der Waals surface area contributed by atoms with Crippen molar-refractivity contribution in [3.63, 3.8) is 0 Å². The number of hydrogen-bond donors (Lipinski definition) is 2. The molecule has 1 unspecified atom stereocenters. The first-order valence-electron chi connectivity index (χ1n) is 7.17. The Morgan fingerprint density at radius 3 is 2.38 bits per heavy atom. The molecule has 0 fully saturated rings. The van der Waals surface area contributed by atoms with Crippen LogP contribution in [0.2, 0.25) is 0 Å². The quantitative estimate of drug-likeness (QED) is 0.834. The van der Waals surface area contributed by atoms with Gasteiger partial charge in [-0.2, -0.15) is 0 Å². The van der Waals surface area contributed by atoms with Crippen molar-refractivity contribution in [2.45, 2.75) is 26.3 Å². The molecule has 0 bridgehead atoms. The van der Waals surface area contributed by atoms with Crippen LogP contribution in [0, 0.1) is 5.92 Å². The molecule has 0 saturated heterocycles. The predicted octanol–water partition coefficient (Wildman–Crippen LogP) is 1.49. The van der Waals surface area contributed by atoms with Crippen molar-refractivity contribution in [2.75, 3.05) is 20.6 Å². The summed E-state index contributed by atoms with van der Waals surface area (Å²) < 4.78 is 0. The summed E-state index contributed by atoms with van der Waals surface area (Å²) in [7, 11) is 3.37. The van der Waals surface area contributed by atoms with Crippen LogP contribution in [0.1, 0.15) is 41.0 Å². The number of amides is 2. The van der Waals surface area contributed by atoms with Gasteiger partial charge in [0, 0.05) is 37.8 Å². The molecule has 2 amide bonds. The van der Waals surface area contributed by atoms with E-state index in [1.165, 1.54) is 4.90 Å². The molecule has 3 N–H and O–H groups in total. The molecule has 1 aromatic carbocycles. The lowest BCUT2D eigenvalue weighted by atomic mass is 10.0. The fraction of sp³-hybridized carbons (Fsp3) is 0.500. The number of carbonyl (C=O) groups is 2. The zero-order valence-electron chi connectivity index (χ0n) is 13.2. The van der Waals surface area contributed by atoms with Gasteiger partial charge >= 0.3 is 0 Å². The SMILES string of the molecule is CC(C)CC(CN)NC(=O)c1cccc(C(=O)N(C)C)c1. The van der Waals surface area contributed by atoms with Gasteiger partial charge < -0.3 is 16.0 Å². The highest BCUT2D eigenvalue weighted by Gasteiger charge is 2.15. The van der Waals surface area contributed by atoms with Gasteiger partial charge in [0.05, 0.1) is 0 Å². The minimum atomic E-state index is -0.195. The fourth-order valence-corrected chi connectivity index (χ4v) is 2.10. The molecule has 0 aliphatic rings. The van der Waals surface area contributed by atoms with Crippen molar-refractivity contribution in [3.8, 4) is 0 Å². The van der Waals surface area contributed by atoms with Crippen LogP contribution >= 0.6 is 0 Å². The number of hydrogen-bond acceptors (Lipinski definition) is 3. The first-order chi connectivity index (χ1) is 9.85. The van der Waals surface area contributed by atoms with Gasteiger partial charge in [0.1, 0.15) is 0 Å². The number of nitrogens with zero attached hydrogens (tertiary/aromatic N) is 1. The highest BCUT2D eigenvalue weighted by atomic mass is 16.2. The summed E-state index contributed by atoms with van der Waals surface area (Å²) in [4.78, 5) is 25.7. The van der Waals surface area contributed by atoms with Gasteiger partial charge in [0.2, 0.25) is 0 Å². The van der Waals surface area contributed by atoms with E-state index >= 15 is 0 Å². The Balaban J connectivity index is 2.83. The molecule has 1 aromatic rings. The van der Waals surface area contributed by atoms with E-state index in [9.17, 15) is 9.59 Å². The average molecular weight is 291 g/mol. The van der Waals surface area contributed by atoms with Crippen molar-refractivity contribution < 1.29 is 9.59 Å². The molecule has 116 valence electrons. The number of nitrogens with one attached hydrogen (secondary N) is 1. The van der Waals surface area contributed by atoms with Crippen LogP contribution in [-0.4, -0.2) is 43.4 Å². The first kappa shape index (κ1) is 17.2. The molecule has 0 aliphatic carbocycles. The van der Waals surface area contributed by atoms with E-state index in [1.807, 2.05) is 0 Å². The van der Waals surface area contributed by atoms with Gasteiger partial charge in [-0.05, 0) is 30.5 Å². The summed E-state index contributed by atoms with van der Waals surface area (Å²) >= 11 is 0. The Bertz CT molecular complexity index is 498. The van der Waals surface area contributed by atoms with E-state index < -0.39 is 0 Å². The summed E-state index contributed by atoms with van der Waals surface area (Å²) in [6.45, 7) is 4.58. The largest absolute Gasteiger partial charge is 0.348 e.